The summed E-state index contributed by atoms with van der Waals surface area (Å²) in [5.41, 5.74) is 16.8. The number of rotatable bonds is 6. The van der Waals surface area contributed by atoms with Crippen LogP contribution in [0.15, 0.2) is 125 Å². The van der Waals surface area contributed by atoms with E-state index >= 15 is 0 Å². The molecule has 240 valence electrons. The summed E-state index contributed by atoms with van der Waals surface area (Å²) >= 11 is 0. The van der Waals surface area contributed by atoms with E-state index in [1.165, 1.54) is 18.3 Å². The van der Waals surface area contributed by atoms with Crippen molar-refractivity contribution in [1.82, 2.24) is 10.3 Å². The Labute approximate surface area is 276 Å². The molecule has 5 aliphatic heterocycles. The fourth-order valence-corrected chi connectivity index (χ4v) is 7.95. The lowest BCUT2D eigenvalue weighted by Crippen LogP contribution is -2.16. The molecule has 1 aliphatic carbocycles. The smallest absolute Gasteiger partial charge is 0.305 e. The summed E-state index contributed by atoms with van der Waals surface area (Å²) in [5, 5.41) is 15.3. The van der Waals surface area contributed by atoms with Gasteiger partial charge in [0.2, 0.25) is 0 Å². The first kappa shape index (κ1) is 30.8. The van der Waals surface area contributed by atoms with Gasteiger partial charge in [-0.3, -0.25) is 9.78 Å². The maximum absolute atomic E-state index is 12.5. The number of fused-ring (bicyclic) bond motifs is 5. The minimum absolute atomic E-state index is 0.0103. The van der Waals surface area contributed by atoms with Crippen molar-refractivity contribution >= 4 is 28.7 Å². The molecular formula is C39H41N5O3. The maximum atomic E-state index is 12.5. The lowest BCUT2D eigenvalue weighted by molar-refractivity contribution is -0.140. The molecule has 1 saturated heterocycles. The van der Waals surface area contributed by atoms with Gasteiger partial charge in [-0.15, -0.1) is 0 Å². The van der Waals surface area contributed by atoms with Gasteiger partial charge in [0.05, 0.1) is 41.3 Å². The predicted molar refractivity (Wildman–Crippen MR) is 187 cm³/mol. The molecule has 6 heterocycles. The lowest BCUT2D eigenvalue weighted by atomic mass is 9.83. The number of carbonyl (C=O) groups excluding carboxylic acids is 1. The van der Waals surface area contributed by atoms with E-state index < -0.39 is 0 Å². The number of hydrogen-bond donors (Lipinski definition) is 2. The number of aromatic nitrogens is 1. The van der Waals surface area contributed by atoms with Crippen LogP contribution in [0.4, 0.5) is 0 Å². The van der Waals surface area contributed by atoms with Crippen molar-refractivity contribution in [1.29, 1.82) is 0 Å². The number of methoxy groups -OCH3 is 1. The minimum atomic E-state index is -0.239. The second-order valence-electron chi connectivity index (χ2n) is 13.0. The molecule has 1 aromatic rings. The molecule has 7 rings (SSSR count). The van der Waals surface area contributed by atoms with E-state index in [0.717, 1.165) is 97.5 Å². The molecule has 0 radical (unpaired) electrons. The quantitative estimate of drug-likeness (QED) is 0.311. The van der Waals surface area contributed by atoms with Gasteiger partial charge in [0, 0.05) is 65.2 Å². The van der Waals surface area contributed by atoms with Crippen LogP contribution in [0.2, 0.25) is 0 Å². The van der Waals surface area contributed by atoms with Gasteiger partial charge in [0.25, 0.3) is 0 Å². The van der Waals surface area contributed by atoms with E-state index in [4.69, 9.17) is 19.7 Å². The second kappa shape index (κ2) is 11.7. The van der Waals surface area contributed by atoms with Gasteiger partial charge < -0.3 is 15.2 Å². The third-order valence-corrected chi connectivity index (χ3v) is 10.5. The number of pyridine rings is 1. The Morgan fingerprint density at radius 3 is 2.32 bits per heavy atom. The molecule has 8 nitrogen and oxygen atoms in total. The van der Waals surface area contributed by atoms with Crippen LogP contribution in [-0.2, 0) is 9.53 Å². The van der Waals surface area contributed by atoms with Crippen molar-refractivity contribution in [3.63, 3.8) is 0 Å². The molecule has 0 unspecified atom stereocenters. The Bertz CT molecular complexity index is 1990. The van der Waals surface area contributed by atoms with Crippen LogP contribution in [-0.4, -0.2) is 40.3 Å². The monoisotopic (exact) mass is 627 g/mol. The summed E-state index contributed by atoms with van der Waals surface area (Å²) in [6.45, 7) is 12.9. The van der Waals surface area contributed by atoms with E-state index in [-0.39, 0.29) is 24.2 Å². The number of nitrogens with zero attached hydrogens (tertiary/aromatic N) is 4. The molecular weight excluding hydrogens is 586 g/mol. The fourth-order valence-electron chi connectivity index (χ4n) is 7.95. The summed E-state index contributed by atoms with van der Waals surface area (Å²) in [7, 11) is 1.43. The zero-order valence-electron chi connectivity index (χ0n) is 28.2. The lowest BCUT2D eigenvalue weighted by Gasteiger charge is -2.19. The zero-order chi connectivity index (χ0) is 33.1. The Kier molecular flexibility index (Phi) is 7.69. The number of aliphatic imine (C=N–C) groups is 3. The average molecular weight is 628 g/mol. The largest absolute Gasteiger partial charge is 0.511 e. The van der Waals surface area contributed by atoms with Crippen LogP contribution in [0.3, 0.4) is 0 Å². The molecule has 1 fully saturated rings. The van der Waals surface area contributed by atoms with E-state index in [0.29, 0.717) is 18.6 Å². The number of esters is 1. The van der Waals surface area contributed by atoms with Gasteiger partial charge >= 0.3 is 5.97 Å². The molecule has 2 N–H and O–H groups in total. The van der Waals surface area contributed by atoms with E-state index in [1.807, 2.05) is 31.5 Å². The maximum Gasteiger partial charge on any atom is 0.305 e. The van der Waals surface area contributed by atoms with Gasteiger partial charge in [-0.2, -0.15) is 0 Å². The highest BCUT2D eigenvalue weighted by atomic mass is 16.5. The Balaban J connectivity index is 1.55. The Morgan fingerprint density at radius 1 is 0.915 bits per heavy atom. The third-order valence-electron chi connectivity index (χ3n) is 10.5. The highest BCUT2D eigenvalue weighted by Gasteiger charge is 2.43. The number of aliphatic hydroxyl groups excluding tert-OH is 1. The van der Waals surface area contributed by atoms with Gasteiger partial charge in [-0.1, -0.05) is 20.8 Å². The molecule has 0 spiro atoms. The topological polar surface area (TPSA) is 109 Å². The molecule has 8 heteroatoms. The molecule has 0 aromatic carbocycles. The Morgan fingerprint density at radius 2 is 1.62 bits per heavy atom. The standard InChI is InChI=1S/C39H41N5O3/c1-8-24-19(3)28-17-31-25(9-2)20(4)36(43-31)35(23-12-14-40-15-13-23)37-21(5)26(10-11-33(46)47-7)38(44-37)27-16-32(45)34-22(6)29(42-39(27)34)18-30(24)41-28/h12-15,17-18,21,26,44-45H,8-11,16H2,1-7H3/t21-,26-/m0/s1. The molecule has 8 bridgehead atoms. The van der Waals surface area contributed by atoms with Gasteiger partial charge in [-0.25, -0.2) is 15.0 Å². The average Bonchev–Trinajstić information content (AvgIpc) is 3.83. The zero-order valence-corrected chi connectivity index (χ0v) is 28.2. The van der Waals surface area contributed by atoms with Crippen LogP contribution in [0.1, 0.15) is 79.2 Å². The molecule has 2 atom stereocenters. The molecule has 0 saturated carbocycles. The highest BCUT2D eigenvalue weighted by Crippen LogP contribution is 2.48. The van der Waals surface area contributed by atoms with E-state index in [2.05, 4.69) is 57.1 Å². The summed E-state index contributed by atoms with van der Waals surface area (Å²) < 4.78 is 5.06. The molecule has 6 aliphatic rings. The molecule has 0 amide bonds. The molecule has 47 heavy (non-hydrogen) atoms. The van der Waals surface area contributed by atoms with Crippen molar-refractivity contribution in [3.8, 4) is 0 Å². The van der Waals surface area contributed by atoms with Crippen molar-refractivity contribution < 1.29 is 14.6 Å². The van der Waals surface area contributed by atoms with Crippen molar-refractivity contribution in [2.75, 3.05) is 7.11 Å². The van der Waals surface area contributed by atoms with Crippen LogP contribution in [0.5, 0.6) is 0 Å². The van der Waals surface area contributed by atoms with Crippen LogP contribution < -0.4 is 5.32 Å². The minimum Gasteiger partial charge on any atom is -0.511 e. The van der Waals surface area contributed by atoms with Gasteiger partial charge in [0.15, 0.2) is 0 Å². The highest BCUT2D eigenvalue weighted by molar-refractivity contribution is 6.34. The fraction of sp³-hybridized carbons (Fsp3) is 0.359. The van der Waals surface area contributed by atoms with Crippen LogP contribution in [0, 0.1) is 11.8 Å². The van der Waals surface area contributed by atoms with Gasteiger partial charge in [-0.05, 0) is 97.7 Å². The summed E-state index contributed by atoms with van der Waals surface area (Å²) in [4.78, 5) is 32.5. The third kappa shape index (κ3) is 4.84. The van der Waals surface area contributed by atoms with Crippen LogP contribution in [0.25, 0.3) is 5.57 Å². The normalized spacial score (nSPS) is 23.5. The summed E-state index contributed by atoms with van der Waals surface area (Å²) in [5.74, 6) is 0.0617. The van der Waals surface area contributed by atoms with Gasteiger partial charge in [0.1, 0.15) is 5.76 Å². The van der Waals surface area contributed by atoms with Crippen molar-refractivity contribution in [2.24, 2.45) is 26.8 Å². The first-order valence-corrected chi connectivity index (χ1v) is 16.6. The van der Waals surface area contributed by atoms with Crippen LogP contribution >= 0.6 is 0 Å². The van der Waals surface area contributed by atoms with Crippen molar-refractivity contribution in [2.45, 2.75) is 73.6 Å². The summed E-state index contributed by atoms with van der Waals surface area (Å²) in [6.07, 6.45) is 10.8. The van der Waals surface area contributed by atoms with E-state index in [9.17, 15) is 9.90 Å². The number of hydrogen-bond acceptors (Lipinski definition) is 8. The first-order chi connectivity index (χ1) is 22.7. The number of carbonyl (C=O) groups is 1. The predicted octanol–water partition coefficient (Wildman–Crippen LogP) is 7.94. The second-order valence-corrected chi connectivity index (χ2v) is 13.0. The number of nitrogens with one attached hydrogen (secondary N) is 1. The van der Waals surface area contributed by atoms with E-state index in [1.54, 1.807) is 0 Å². The van der Waals surface area contributed by atoms with Crippen molar-refractivity contribution in [3.05, 3.63) is 115 Å². The Hall–Kier alpha value is -4.85. The molecule has 1 aromatic heterocycles. The first-order valence-electron chi connectivity index (χ1n) is 16.6. The number of ether oxygens (including phenoxy) is 1. The number of allylic oxidation sites excluding steroid dienone is 12. The SMILES string of the molecule is CCC1=C(C)C2=NC1=CC1=C(C)C3=C(O)CC(=C4NC(=C(c5ccncc5)C5=NC(=C2)C(CC)=C5C)[C@@H](C)[C@@H]4CCC(=O)OC)C3=N1. The number of aliphatic hydroxyl groups is 1. The summed E-state index contributed by atoms with van der Waals surface area (Å²) in [6, 6.07) is 4.07.